The van der Waals surface area contributed by atoms with E-state index in [1.165, 1.54) is 7.05 Å². The molecule has 0 aliphatic carbocycles. The van der Waals surface area contributed by atoms with Gasteiger partial charge in [-0.3, -0.25) is 0 Å². The molecule has 0 spiro atoms. The van der Waals surface area contributed by atoms with Crippen molar-refractivity contribution in [1.29, 1.82) is 0 Å². The number of hydrogen-bond acceptors (Lipinski definition) is 4. The van der Waals surface area contributed by atoms with Crippen LogP contribution < -0.4 is 9.47 Å². The molecule has 1 aliphatic rings. The zero-order valence-electron chi connectivity index (χ0n) is 13.8. The van der Waals surface area contributed by atoms with Crippen LogP contribution in [0, 0.1) is 0 Å². The van der Waals surface area contributed by atoms with Crippen LogP contribution in [0.1, 0.15) is 11.1 Å². The third kappa shape index (κ3) is 3.78. The number of halogens is 3. The van der Waals surface area contributed by atoms with E-state index in [9.17, 15) is 21.6 Å². The van der Waals surface area contributed by atoms with E-state index in [0.29, 0.717) is 30.3 Å². The number of rotatable bonds is 4. The van der Waals surface area contributed by atoms with Crippen molar-refractivity contribution in [2.24, 2.45) is 0 Å². The molecule has 0 amide bonds. The van der Waals surface area contributed by atoms with E-state index in [0.717, 1.165) is 28.6 Å². The van der Waals surface area contributed by atoms with Crippen LogP contribution in [-0.4, -0.2) is 33.0 Å². The molecule has 3 rings (SSSR count). The molecule has 0 fully saturated rings. The molecule has 9 heteroatoms. The van der Waals surface area contributed by atoms with Crippen molar-refractivity contribution >= 4 is 10.0 Å². The molecule has 0 N–H and O–H groups in total. The van der Waals surface area contributed by atoms with Gasteiger partial charge in [0.15, 0.2) is 11.5 Å². The third-order valence-electron chi connectivity index (χ3n) is 3.90. The molecular weight excluding hydrogens is 371 g/mol. The summed E-state index contributed by atoms with van der Waals surface area (Å²) in [6.45, 7) is 0.907. The number of sulfonamides is 1. The fourth-order valence-electron chi connectivity index (χ4n) is 2.52. The van der Waals surface area contributed by atoms with Gasteiger partial charge in [0.25, 0.3) is 0 Å². The Balaban J connectivity index is 1.79. The minimum atomic E-state index is -4.51. The molecule has 1 aliphatic heterocycles. The molecule has 0 atom stereocenters. The Morgan fingerprint density at radius 2 is 1.62 bits per heavy atom. The van der Waals surface area contributed by atoms with Gasteiger partial charge in [-0.1, -0.05) is 6.07 Å². The lowest BCUT2D eigenvalue weighted by atomic mass is 10.2. The van der Waals surface area contributed by atoms with E-state index in [1.54, 1.807) is 18.2 Å². The molecule has 0 radical (unpaired) electrons. The highest BCUT2D eigenvalue weighted by molar-refractivity contribution is 7.89. The minimum Gasteiger partial charge on any atom is -0.486 e. The summed E-state index contributed by atoms with van der Waals surface area (Å²) in [4.78, 5) is -0.203. The SMILES string of the molecule is CN(Cc1ccc2c(c1)OCCO2)S(=O)(=O)c1ccc(C(F)(F)F)cc1. The van der Waals surface area contributed by atoms with Gasteiger partial charge in [0, 0.05) is 13.6 Å². The van der Waals surface area contributed by atoms with E-state index in [-0.39, 0.29) is 11.4 Å². The van der Waals surface area contributed by atoms with Crippen molar-refractivity contribution in [2.45, 2.75) is 17.6 Å². The quantitative estimate of drug-likeness (QED) is 0.808. The summed E-state index contributed by atoms with van der Waals surface area (Å²) in [5, 5.41) is 0. The van der Waals surface area contributed by atoms with E-state index < -0.39 is 21.8 Å². The first-order valence-electron chi connectivity index (χ1n) is 7.70. The second-order valence-corrected chi connectivity index (χ2v) is 7.81. The maximum Gasteiger partial charge on any atom is 0.416 e. The Hall–Kier alpha value is -2.26. The Labute approximate surface area is 149 Å². The zero-order valence-corrected chi connectivity index (χ0v) is 14.6. The summed E-state index contributed by atoms with van der Waals surface area (Å²) in [6, 6.07) is 8.52. The number of fused-ring (bicyclic) bond motifs is 1. The average Bonchev–Trinajstić information content (AvgIpc) is 2.61. The lowest BCUT2D eigenvalue weighted by molar-refractivity contribution is -0.137. The van der Waals surface area contributed by atoms with Crippen molar-refractivity contribution in [2.75, 3.05) is 20.3 Å². The number of hydrogen-bond donors (Lipinski definition) is 0. The molecular formula is C17H16F3NO4S. The van der Waals surface area contributed by atoms with Crippen molar-refractivity contribution in [3.63, 3.8) is 0 Å². The number of benzene rings is 2. The second kappa shape index (κ2) is 6.81. The number of ether oxygens (including phenoxy) is 2. The van der Waals surface area contributed by atoms with E-state index in [1.807, 2.05) is 0 Å². The lowest BCUT2D eigenvalue weighted by Crippen LogP contribution is -2.26. The normalized spacial score (nSPS) is 14.5. The van der Waals surface area contributed by atoms with Crippen LogP contribution in [0.15, 0.2) is 47.4 Å². The van der Waals surface area contributed by atoms with Crippen LogP contribution in [0.2, 0.25) is 0 Å². The van der Waals surface area contributed by atoms with Gasteiger partial charge < -0.3 is 9.47 Å². The predicted molar refractivity (Wildman–Crippen MR) is 87.5 cm³/mol. The minimum absolute atomic E-state index is 0.0417. The van der Waals surface area contributed by atoms with E-state index in [2.05, 4.69) is 0 Å². The first kappa shape index (κ1) is 18.5. The van der Waals surface area contributed by atoms with Gasteiger partial charge in [-0.15, -0.1) is 0 Å². The van der Waals surface area contributed by atoms with Gasteiger partial charge in [-0.25, -0.2) is 8.42 Å². The molecule has 1 heterocycles. The van der Waals surface area contributed by atoms with Gasteiger partial charge in [-0.05, 0) is 42.0 Å². The number of alkyl halides is 3. The monoisotopic (exact) mass is 387 g/mol. The average molecular weight is 387 g/mol. The molecule has 5 nitrogen and oxygen atoms in total. The van der Waals surface area contributed by atoms with Crippen LogP contribution in [-0.2, 0) is 22.7 Å². The molecule has 2 aromatic rings. The second-order valence-electron chi connectivity index (χ2n) is 5.76. The molecule has 0 unspecified atom stereocenters. The molecule has 0 bridgehead atoms. The Kier molecular flexibility index (Phi) is 4.85. The third-order valence-corrected chi connectivity index (χ3v) is 5.72. The fraction of sp³-hybridized carbons (Fsp3) is 0.294. The van der Waals surface area contributed by atoms with Crippen LogP contribution in [0.25, 0.3) is 0 Å². The highest BCUT2D eigenvalue weighted by Crippen LogP contribution is 2.32. The van der Waals surface area contributed by atoms with Crippen LogP contribution in [0.4, 0.5) is 13.2 Å². The van der Waals surface area contributed by atoms with Gasteiger partial charge >= 0.3 is 6.18 Å². The van der Waals surface area contributed by atoms with Crippen molar-refractivity contribution < 1.29 is 31.1 Å². The summed E-state index contributed by atoms with van der Waals surface area (Å²) in [5.41, 5.74) is -0.224. The number of nitrogens with zero attached hydrogens (tertiary/aromatic N) is 1. The highest BCUT2D eigenvalue weighted by Gasteiger charge is 2.31. The molecule has 0 aromatic heterocycles. The summed E-state index contributed by atoms with van der Waals surface area (Å²) in [5.74, 6) is 1.13. The lowest BCUT2D eigenvalue weighted by Gasteiger charge is -2.21. The van der Waals surface area contributed by atoms with Crippen LogP contribution >= 0.6 is 0 Å². The van der Waals surface area contributed by atoms with E-state index in [4.69, 9.17) is 9.47 Å². The molecule has 26 heavy (non-hydrogen) atoms. The summed E-state index contributed by atoms with van der Waals surface area (Å²) in [6.07, 6.45) is -4.51. The highest BCUT2D eigenvalue weighted by atomic mass is 32.2. The Bertz CT molecular complexity index is 895. The molecule has 0 saturated carbocycles. The maximum atomic E-state index is 12.6. The molecule has 2 aromatic carbocycles. The standard InChI is InChI=1S/C17H16F3NO4S/c1-21(11-12-2-7-15-16(10-12)25-9-8-24-15)26(22,23)14-5-3-13(4-6-14)17(18,19)20/h2-7,10H,8-9,11H2,1H3. The van der Waals surface area contributed by atoms with Gasteiger partial charge in [0.05, 0.1) is 10.5 Å². The van der Waals surface area contributed by atoms with E-state index >= 15 is 0 Å². The maximum absolute atomic E-state index is 12.6. The molecule has 140 valence electrons. The Morgan fingerprint density at radius 3 is 2.23 bits per heavy atom. The Morgan fingerprint density at radius 1 is 1.00 bits per heavy atom. The fourth-order valence-corrected chi connectivity index (χ4v) is 3.68. The predicted octanol–water partition coefficient (Wildman–Crippen LogP) is 3.30. The zero-order chi connectivity index (χ0) is 18.9. The largest absolute Gasteiger partial charge is 0.486 e. The molecule has 0 saturated heterocycles. The topological polar surface area (TPSA) is 55.8 Å². The first-order chi connectivity index (χ1) is 12.2. The van der Waals surface area contributed by atoms with Gasteiger partial charge in [-0.2, -0.15) is 17.5 Å². The summed E-state index contributed by atoms with van der Waals surface area (Å²) < 4.78 is 74.9. The smallest absolute Gasteiger partial charge is 0.416 e. The first-order valence-corrected chi connectivity index (χ1v) is 9.14. The summed E-state index contributed by atoms with van der Waals surface area (Å²) >= 11 is 0. The van der Waals surface area contributed by atoms with Crippen molar-refractivity contribution in [1.82, 2.24) is 4.31 Å². The summed E-state index contributed by atoms with van der Waals surface area (Å²) in [7, 11) is -2.56. The van der Waals surface area contributed by atoms with Gasteiger partial charge in [0.1, 0.15) is 13.2 Å². The van der Waals surface area contributed by atoms with Crippen molar-refractivity contribution in [3.8, 4) is 11.5 Å². The van der Waals surface area contributed by atoms with Crippen LogP contribution in [0.3, 0.4) is 0 Å². The van der Waals surface area contributed by atoms with Crippen LogP contribution in [0.5, 0.6) is 11.5 Å². The van der Waals surface area contributed by atoms with Crippen molar-refractivity contribution in [3.05, 3.63) is 53.6 Å². The van der Waals surface area contributed by atoms with Gasteiger partial charge in [0.2, 0.25) is 10.0 Å².